The molecule has 25 heavy (non-hydrogen) atoms. The van der Waals surface area contributed by atoms with Gasteiger partial charge < -0.3 is 14.7 Å². The van der Waals surface area contributed by atoms with Crippen LogP contribution < -0.4 is 0 Å². The third-order valence-electron chi connectivity index (χ3n) is 8.34. The van der Waals surface area contributed by atoms with Crippen molar-refractivity contribution in [1.29, 1.82) is 0 Å². The number of aliphatic hydroxyl groups excluding tert-OH is 2. The second-order valence-corrected chi connectivity index (χ2v) is 9.21. The Morgan fingerprint density at radius 1 is 1.24 bits per heavy atom. The van der Waals surface area contributed by atoms with Gasteiger partial charge in [-0.3, -0.25) is 0 Å². The zero-order valence-electron chi connectivity index (χ0n) is 15.5. The maximum absolute atomic E-state index is 10.3. The van der Waals surface area contributed by atoms with Crippen LogP contribution in [0.15, 0.2) is 22.9 Å². The average molecular weight is 345 g/mol. The first kappa shape index (κ1) is 17.3. The van der Waals surface area contributed by atoms with Crippen molar-refractivity contribution in [3.05, 3.63) is 29.7 Å². The first-order chi connectivity index (χ1) is 11.9. The highest BCUT2D eigenvalue weighted by Gasteiger charge is 2.56. The second kappa shape index (κ2) is 5.95. The van der Waals surface area contributed by atoms with E-state index in [1.807, 2.05) is 0 Å². The normalized spacial score (nSPS) is 43.8. The number of hydrogen-bond donors (Lipinski definition) is 2. The lowest BCUT2D eigenvalue weighted by Crippen LogP contribution is -2.52. The summed E-state index contributed by atoms with van der Waals surface area (Å²) in [6, 6.07) is 0. The summed E-state index contributed by atoms with van der Waals surface area (Å²) in [5, 5.41) is 24.6. The van der Waals surface area contributed by atoms with Gasteiger partial charge in [-0.1, -0.05) is 31.2 Å². The highest BCUT2D eigenvalue weighted by molar-refractivity contribution is 5.25. The van der Waals surface area contributed by atoms with E-state index in [4.69, 9.17) is 4.52 Å². The van der Waals surface area contributed by atoms with Crippen molar-refractivity contribution in [2.45, 2.75) is 52.4 Å². The second-order valence-electron chi connectivity index (χ2n) is 9.21. The molecule has 0 aromatic carbocycles. The van der Waals surface area contributed by atoms with Crippen LogP contribution in [0.1, 0.15) is 50.8 Å². The monoisotopic (exact) mass is 345 g/mol. The van der Waals surface area contributed by atoms with Gasteiger partial charge in [0, 0.05) is 18.8 Å². The molecule has 0 aliphatic heterocycles. The summed E-state index contributed by atoms with van der Waals surface area (Å²) in [7, 11) is 0. The van der Waals surface area contributed by atoms with Gasteiger partial charge in [0.05, 0.1) is 5.69 Å². The molecule has 2 saturated carbocycles. The Kier molecular flexibility index (Phi) is 4.12. The lowest BCUT2D eigenvalue weighted by atomic mass is 9.49. The minimum absolute atomic E-state index is 0.0219. The van der Waals surface area contributed by atoms with Gasteiger partial charge in [-0.25, -0.2) is 0 Å². The van der Waals surface area contributed by atoms with Gasteiger partial charge in [0.1, 0.15) is 6.26 Å². The molecule has 0 bridgehead atoms. The number of aliphatic hydroxyl groups is 2. The molecule has 0 saturated heterocycles. The van der Waals surface area contributed by atoms with Crippen molar-refractivity contribution in [2.75, 3.05) is 13.2 Å². The zero-order chi connectivity index (χ0) is 17.8. The number of allylic oxidation sites excluding steroid dienone is 1. The molecule has 1 heterocycles. The quantitative estimate of drug-likeness (QED) is 0.824. The molecule has 0 radical (unpaired) electrons. The molecule has 1 aromatic rings. The molecule has 6 atom stereocenters. The summed E-state index contributed by atoms with van der Waals surface area (Å²) in [6.45, 7) is 9.44. The van der Waals surface area contributed by atoms with Crippen molar-refractivity contribution < 1.29 is 14.7 Å². The molecule has 2 N–H and O–H groups in total. The number of rotatable bonds is 3. The van der Waals surface area contributed by atoms with E-state index in [-0.39, 0.29) is 30.0 Å². The van der Waals surface area contributed by atoms with Crippen LogP contribution >= 0.6 is 0 Å². The molecule has 0 unspecified atom stereocenters. The Balaban J connectivity index is 1.69. The molecular weight excluding hydrogens is 314 g/mol. The smallest absolute Gasteiger partial charge is 0.127 e. The molecule has 4 nitrogen and oxygen atoms in total. The largest absolute Gasteiger partial charge is 0.396 e. The summed E-state index contributed by atoms with van der Waals surface area (Å²) in [5.74, 6) is 1.40. The molecule has 3 aliphatic rings. The Morgan fingerprint density at radius 2 is 2.04 bits per heavy atom. The van der Waals surface area contributed by atoms with Crippen LogP contribution in [0.2, 0.25) is 0 Å². The van der Waals surface area contributed by atoms with E-state index in [1.165, 1.54) is 11.1 Å². The SMILES string of the molecule is C=C1CC[C@H]2[C@H](CO)[C@@H]([C@]3(C)Cc4conc4C[C@@H]3CO)CC[C@]12C. The highest BCUT2D eigenvalue weighted by atomic mass is 16.5. The van der Waals surface area contributed by atoms with Crippen molar-refractivity contribution in [3.8, 4) is 0 Å². The molecule has 138 valence electrons. The topological polar surface area (TPSA) is 66.5 Å². The van der Waals surface area contributed by atoms with Crippen LogP contribution in [-0.2, 0) is 12.8 Å². The van der Waals surface area contributed by atoms with Crippen LogP contribution in [0, 0.1) is 34.5 Å². The number of fused-ring (bicyclic) bond motifs is 2. The Labute approximate surface area is 150 Å². The van der Waals surface area contributed by atoms with Gasteiger partial charge in [-0.2, -0.15) is 0 Å². The predicted molar refractivity (Wildman–Crippen MR) is 95.9 cm³/mol. The van der Waals surface area contributed by atoms with Crippen molar-refractivity contribution in [2.24, 2.45) is 34.5 Å². The molecule has 1 aromatic heterocycles. The van der Waals surface area contributed by atoms with E-state index in [0.29, 0.717) is 17.8 Å². The van der Waals surface area contributed by atoms with Gasteiger partial charge in [0.25, 0.3) is 0 Å². The molecular formula is C21H31NO3. The first-order valence-electron chi connectivity index (χ1n) is 9.76. The van der Waals surface area contributed by atoms with Crippen LogP contribution in [0.4, 0.5) is 0 Å². The third-order valence-corrected chi connectivity index (χ3v) is 8.34. The van der Waals surface area contributed by atoms with E-state index in [2.05, 4.69) is 25.6 Å². The third kappa shape index (κ3) is 2.37. The van der Waals surface area contributed by atoms with E-state index in [9.17, 15) is 10.2 Å². The molecule has 0 spiro atoms. The lowest BCUT2D eigenvalue weighted by Gasteiger charge is -2.55. The first-order valence-corrected chi connectivity index (χ1v) is 9.76. The number of hydrogen-bond acceptors (Lipinski definition) is 4. The molecule has 0 amide bonds. The molecule has 2 fully saturated rings. The maximum atomic E-state index is 10.3. The summed E-state index contributed by atoms with van der Waals surface area (Å²) < 4.78 is 5.20. The fourth-order valence-electron chi connectivity index (χ4n) is 6.59. The van der Waals surface area contributed by atoms with Gasteiger partial charge in [0.2, 0.25) is 0 Å². The van der Waals surface area contributed by atoms with E-state index in [1.54, 1.807) is 6.26 Å². The Morgan fingerprint density at radius 3 is 2.76 bits per heavy atom. The predicted octanol–water partition coefficient (Wildman–Crippen LogP) is 3.38. The standard InChI is InChI=1S/C21H31NO3/c1-13-4-5-17-16(11-24)18(6-7-20(13,17)2)21(3)9-14-12-25-22-19(14)8-15(21)10-23/h12,15-18,23-24H,1,4-11H2,2-3H3/t15-,16+,17+,18+,20-,21-/m1/s1. The fraction of sp³-hybridized carbons (Fsp3) is 0.762. The lowest BCUT2D eigenvalue weighted by molar-refractivity contribution is -0.0737. The highest BCUT2D eigenvalue weighted by Crippen LogP contribution is 2.62. The van der Waals surface area contributed by atoms with Gasteiger partial charge in [-0.05, 0) is 73.0 Å². The molecule has 4 rings (SSSR count). The minimum atomic E-state index is -0.0219. The summed E-state index contributed by atoms with van der Waals surface area (Å²) in [6.07, 6.45) is 7.95. The maximum Gasteiger partial charge on any atom is 0.127 e. The van der Waals surface area contributed by atoms with Gasteiger partial charge in [-0.15, -0.1) is 0 Å². The minimum Gasteiger partial charge on any atom is -0.396 e. The molecule has 4 heteroatoms. The summed E-state index contributed by atoms with van der Waals surface area (Å²) in [4.78, 5) is 0. The number of nitrogens with zero attached hydrogens (tertiary/aromatic N) is 1. The number of aromatic nitrogens is 1. The summed E-state index contributed by atoms with van der Waals surface area (Å²) >= 11 is 0. The average Bonchev–Trinajstić information content (AvgIpc) is 3.17. The van der Waals surface area contributed by atoms with Gasteiger partial charge >= 0.3 is 0 Å². The van der Waals surface area contributed by atoms with Gasteiger partial charge in [0.15, 0.2) is 0 Å². The van der Waals surface area contributed by atoms with Crippen molar-refractivity contribution >= 4 is 0 Å². The van der Waals surface area contributed by atoms with E-state index >= 15 is 0 Å². The Bertz CT molecular complexity index is 668. The van der Waals surface area contributed by atoms with Crippen LogP contribution in [0.25, 0.3) is 0 Å². The van der Waals surface area contributed by atoms with Crippen LogP contribution in [0.5, 0.6) is 0 Å². The van der Waals surface area contributed by atoms with E-state index in [0.717, 1.165) is 44.2 Å². The Hall–Kier alpha value is -1.13. The molecule has 3 aliphatic carbocycles. The van der Waals surface area contributed by atoms with Crippen LogP contribution in [0.3, 0.4) is 0 Å². The summed E-state index contributed by atoms with van der Waals surface area (Å²) in [5.41, 5.74) is 3.74. The fourth-order valence-corrected chi connectivity index (χ4v) is 6.59. The van der Waals surface area contributed by atoms with Crippen LogP contribution in [-0.4, -0.2) is 28.6 Å². The van der Waals surface area contributed by atoms with E-state index < -0.39 is 0 Å². The zero-order valence-corrected chi connectivity index (χ0v) is 15.5. The van der Waals surface area contributed by atoms with Crippen molar-refractivity contribution in [1.82, 2.24) is 5.16 Å². The van der Waals surface area contributed by atoms with Crippen molar-refractivity contribution in [3.63, 3.8) is 0 Å².